The molecule has 0 radical (unpaired) electrons. The molecule has 2 aromatic heterocycles. The summed E-state index contributed by atoms with van der Waals surface area (Å²) in [6, 6.07) is 8.16. The topological polar surface area (TPSA) is 86.7 Å². The van der Waals surface area contributed by atoms with E-state index in [-0.39, 0.29) is 9.88 Å². The maximum atomic E-state index is 12.4. The number of halogens is 1. The van der Waals surface area contributed by atoms with E-state index in [0.29, 0.717) is 23.0 Å². The van der Waals surface area contributed by atoms with Gasteiger partial charge in [0, 0.05) is 24.7 Å². The minimum Gasteiger partial charge on any atom is -0.383 e. The molecule has 3 aromatic rings. The van der Waals surface area contributed by atoms with Crippen LogP contribution in [0.25, 0.3) is 10.2 Å². The number of amides is 1. The molecule has 3 rings (SSSR count). The van der Waals surface area contributed by atoms with Gasteiger partial charge in [-0.25, -0.2) is 0 Å². The molecule has 0 unspecified atom stereocenters. The number of ether oxygens (including phenoxy) is 1. The zero-order valence-electron chi connectivity index (χ0n) is 13.0. The Kier molecular flexibility index (Phi) is 5.28. The number of nitro groups is 1. The van der Waals surface area contributed by atoms with Crippen LogP contribution in [0.3, 0.4) is 0 Å². The van der Waals surface area contributed by atoms with Gasteiger partial charge in [0.25, 0.3) is 5.91 Å². The second kappa shape index (κ2) is 7.44. The monoisotopic (exact) mass is 397 g/mol. The van der Waals surface area contributed by atoms with Gasteiger partial charge in [-0.1, -0.05) is 34.3 Å². The Morgan fingerprint density at radius 2 is 2.16 bits per heavy atom. The minimum atomic E-state index is -0.526. The van der Waals surface area contributed by atoms with E-state index >= 15 is 0 Å². The molecule has 0 aliphatic heterocycles. The van der Waals surface area contributed by atoms with Crippen LogP contribution in [0.15, 0.2) is 35.3 Å². The number of rotatable bonds is 5. The van der Waals surface area contributed by atoms with Crippen LogP contribution in [-0.4, -0.2) is 29.1 Å². The fraction of sp³-hybridized carbons (Fsp3) is 0.200. The summed E-state index contributed by atoms with van der Waals surface area (Å²) in [5.41, 5.74) is 0.898. The van der Waals surface area contributed by atoms with Gasteiger partial charge in [0.2, 0.25) is 0 Å². The molecule has 2 heterocycles. The summed E-state index contributed by atoms with van der Waals surface area (Å²) in [5.74, 6) is -0.512. The van der Waals surface area contributed by atoms with E-state index in [1.54, 1.807) is 13.2 Å². The van der Waals surface area contributed by atoms with Crippen molar-refractivity contribution in [1.29, 1.82) is 0 Å². The molecule has 0 bridgehead atoms. The lowest BCUT2D eigenvalue weighted by molar-refractivity contribution is -0.380. The molecule has 0 N–H and O–H groups in total. The molecule has 0 aliphatic rings. The Balaban J connectivity index is 2.07. The molecule has 7 nitrogen and oxygen atoms in total. The Morgan fingerprint density at radius 3 is 2.84 bits per heavy atom. The van der Waals surface area contributed by atoms with Crippen LogP contribution in [0, 0.1) is 10.1 Å². The van der Waals surface area contributed by atoms with Gasteiger partial charge in [-0.05, 0) is 24.3 Å². The third kappa shape index (κ3) is 3.79. The normalized spacial score (nSPS) is 12.0. The number of fused-ring (bicyclic) bond motifs is 1. The first-order valence-electron chi connectivity index (χ1n) is 7.10. The molecule has 0 saturated carbocycles. The quantitative estimate of drug-likeness (QED) is 0.485. The van der Waals surface area contributed by atoms with Gasteiger partial charge in [0.15, 0.2) is 4.80 Å². The lowest BCUT2D eigenvalue weighted by Gasteiger charge is -2.04. The highest BCUT2D eigenvalue weighted by atomic mass is 35.5. The molecule has 0 fully saturated rings. The predicted molar refractivity (Wildman–Crippen MR) is 97.6 cm³/mol. The fourth-order valence-electron chi connectivity index (χ4n) is 2.21. The van der Waals surface area contributed by atoms with Gasteiger partial charge in [-0.3, -0.25) is 14.9 Å². The lowest BCUT2D eigenvalue weighted by atomic mass is 10.3. The van der Waals surface area contributed by atoms with Crippen LogP contribution in [0.4, 0.5) is 5.00 Å². The van der Waals surface area contributed by atoms with Gasteiger partial charge < -0.3 is 9.30 Å². The van der Waals surface area contributed by atoms with Crippen LogP contribution in [0.1, 0.15) is 9.67 Å². The lowest BCUT2D eigenvalue weighted by Crippen LogP contribution is -2.19. The Hall–Kier alpha value is -2.07. The first-order chi connectivity index (χ1) is 12.0. The molecule has 1 amide bonds. The molecule has 0 aliphatic carbocycles. The summed E-state index contributed by atoms with van der Waals surface area (Å²) >= 11 is 8.17. The number of thiophene rings is 1. The van der Waals surface area contributed by atoms with Crippen molar-refractivity contribution in [3.05, 3.63) is 55.1 Å². The van der Waals surface area contributed by atoms with E-state index in [0.717, 1.165) is 21.6 Å². The van der Waals surface area contributed by atoms with E-state index in [9.17, 15) is 14.9 Å². The summed E-state index contributed by atoms with van der Waals surface area (Å²) < 4.78 is 7.89. The molecule has 130 valence electrons. The van der Waals surface area contributed by atoms with Crippen molar-refractivity contribution in [3.8, 4) is 0 Å². The summed E-state index contributed by atoms with van der Waals surface area (Å²) in [4.78, 5) is 27.5. The number of thiazole rings is 1. The largest absolute Gasteiger partial charge is 0.383 e. The SMILES string of the molecule is COCCn1c(=NC(=O)c2ccc([N+](=O)[O-])s2)sc2cc(Cl)ccc21. The highest BCUT2D eigenvalue weighted by Gasteiger charge is 2.15. The highest BCUT2D eigenvalue weighted by molar-refractivity contribution is 7.17. The number of methoxy groups -OCH3 is 1. The molecule has 0 saturated heterocycles. The molecule has 0 atom stereocenters. The van der Waals surface area contributed by atoms with Crippen molar-refractivity contribution in [3.63, 3.8) is 0 Å². The number of aromatic nitrogens is 1. The maximum absolute atomic E-state index is 12.4. The van der Waals surface area contributed by atoms with E-state index in [1.165, 1.54) is 23.5 Å². The van der Waals surface area contributed by atoms with Gasteiger partial charge in [-0.15, -0.1) is 0 Å². The van der Waals surface area contributed by atoms with Crippen LogP contribution in [0.5, 0.6) is 0 Å². The summed E-state index contributed by atoms with van der Waals surface area (Å²) in [6.07, 6.45) is 0. The molecule has 1 aromatic carbocycles. The fourth-order valence-corrected chi connectivity index (χ4v) is 4.25. The Labute approximate surface area is 154 Å². The van der Waals surface area contributed by atoms with Crippen molar-refractivity contribution >= 4 is 55.4 Å². The van der Waals surface area contributed by atoms with Crippen LogP contribution >= 0.6 is 34.3 Å². The standard InChI is InChI=1S/C15H12ClN3O4S2/c1-23-7-6-18-10-3-2-9(16)8-12(10)25-15(18)17-14(20)11-4-5-13(24-11)19(21)22/h2-5,8H,6-7H2,1H3. The van der Waals surface area contributed by atoms with Crippen LogP contribution in [0.2, 0.25) is 5.02 Å². The summed E-state index contributed by atoms with van der Waals surface area (Å²) in [6.45, 7) is 0.981. The number of nitrogens with zero attached hydrogens (tertiary/aromatic N) is 3. The van der Waals surface area contributed by atoms with Crippen molar-refractivity contribution in [2.45, 2.75) is 6.54 Å². The summed E-state index contributed by atoms with van der Waals surface area (Å²) in [7, 11) is 1.60. The van der Waals surface area contributed by atoms with E-state index < -0.39 is 10.8 Å². The number of carbonyl (C=O) groups is 1. The Bertz CT molecular complexity index is 1020. The third-order valence-electron chi connectivity index (χ3n) is 3.34. The first kappa shape index (κ1) is 17.7. The molecular weight excluding hydrogens is 386 g/mol. The number of benzene rings is 1. The zero-order chi connectivity index (χ0) is 18.0. The number of hydrogen-bond acceptors (Lipinski definition) is 6. The highest BCUT2D eigenvalue weighted by Crippen LogP contribution is 2.25. The second-order valence-corrected chi connectivity index (χ2v) is 7.46. The predicted octanol–water partition coefficient (Wildman–Crippen LogP) is 3.71. The van der Waals surface area contributed by atoms with Crippen molar-refractivity contribution in [2.24, 2.45) is 4.99 Å². The first-order valence-corrected chi connectivity index (χ1v) is 9.12. The molecular formula is C15H12ClN3O4S2. The van der Waals surface area contributed by atoms with Gasteiger partial charge in [0.05, 0.1) is 21.7 Å². The molecule has 0 spiro atoms. The van der Waals surface area contributed by atoms with Crippen molar-refractivity contribution in [1.82, 2.24) is 4.57 Å². The van der Waals surface area contributed by atoms with Crippen molar-refractivity contribution < 1.29 is 14.5 Å². The smallest absolute Gasteiger partial charge is 0.324 e. The average molecular weight is 398 g/mol. The van der Waals surface area contributed by atoms with Crippen LogP contribution in [-0.2, 0) is 11.3 Å². The molecule has 25 heavy (non-hydrogen) atoms. The number of carbonyl (C=O) groups excluding carboxylic acids is 1. The second-order valence-electron chi connectivity index (χ2n) is 4.95. The van der Waals surface area contributed by atoms with Gasteiger partial charge in [-0.2, -0.15) is 4.99 Å². The van der Waals surface area contributed by atoms with Crippen molar-refractivity contribution in [2.75, 3.05) is 13.7 Å². The van der Waals surface area contributed by atoms with Gasteiger partial charge >= 0.3 is 5.00 Å². The maximum Gasteiger partial charge on any atom is 0.324 e. The molecule has 10 heteroatoms. The van der Waals surface area contributed by atoms with Crippen LogP contribution < -0.4 is 4.80 Å². The number of hydrogen-bond donors (Lipinski definition) is 0. The third-order valence-corrected chi connectivity index (χ3v) is 5.64. The van der Waals surface area contributed by atoms with E-state index in [1.807, 2.05) is 16.7 Å². The zero-order valence-corrected chi connectivity index (χ0v) is 15.4. The van der Waals surface area contributed by atoms with E-state index in [4.69, 9.17) is 16.3 Å². The minimum absolute atomic E-state index is 0.0890. The average Bonchev–Trinajstić information content (AvgIpc) is 3.17. The summed E-state index contributed by atoms with van der Waals surface area (Å²) in [5, 5.41) is 11.3. The van der Waals surface area contributed by atoms with Gasteiger partial charge in [0.1, 0.15) is 4.88 Å². The Morgan fingerprint density at radius 1 is 1.36 bits per heavy atom. The van der Waals surface area contributed by atoms with E-state index in [2.05, 4.69) is 4.99 Å².